The smallest absolute Gasteiger partial charge is 0.0759 e. The van der Waals surface area contributed by atoms with Gasteiger partial charge in [0.1, 0.15) is 0 Å². The number of nitrogens with one attached hydrogen (secondary N) is 1. The van der Waals surface area contributed by atoms with Crippen molar-refractivity contribution in [2.45, 2.75) is 20.0 Å². The van der Waals surface area contributed by atoms with Crippen molar-refractivity contribution in [1.82, 2.24) is 9.03 Å². The lowest BCUT2D eigenvalue weighted by atomic mass is 10.6. The Balaban J connectivity index is 3.53. The van der Waals surface area contributed by atoms with Crippen LogP contribution in [-0.4, -0.2) is 29.5 Å². The normalized spacial score (nSPS) is 14.1. The number of rotatable bonds is 5. The molecular formula is C6H16N2S2. The van der Waals surface area contributed by atoms with Crippen molar-refractivity contribution in [3.05, 3.63) is 0 Å². The molecule has 4 heteroatoms. The molecule has 0 aliphatic carbocycles. The van der Waals surface area contributed by atoms with E-state index in [1.807, 2.05) is 6.26 Å². The van der Waals surface area contributed by atoms with Crippen LogP contribution in [0.4, 0.5) is 0 Å². The predicted molar refractivity (Wildman–Crippen MR) is 52.0 cm³/mol. The highest BCUT2D eigenvalue weighted by atomic mass is 32.2. The van der Waals surface area contributed by atoms with E-state index in [0.717, 1.165) is 6.54 Å². The summed E-state index contributed by atoms with van der Waals surface area (Å²) in [5.74, 6) is 0. The van der Waals surface area contributed by atoms with Gasteiger partial charge in [0.15, 0.2) is 0 Å². The quantitative estimate of drug-likeness (QED) is 0.512. The molecule has 10 heavy (non-hydrogen) atoms. The number of nitrogens with zero attached hydrogens (tertiary/aromatic N) is 1. The van der Waals surface area contributed by atoms with Gasteiger partial charge >= 0.3 is 0 Å². The molecule has 0 radical (unpaired) electrons. The van der Waals surface area contributed by atoms with Gasteiger partial charge in [-0.3, -0.25) is 0 Å². The average Bonchev–Trinajstić information content (AvgIpc) is 1.91. The summed E-state index contributed by atoms with van der Waals surface area (Å²) in [4.78, 5) is 0. The van der Waals surface area contributed by atoms with Crippen molar-refractivity contribution in [2.24, 2.45) is 0 Å². The standard InChI is InChI=1S/C6H16N2S2/c1-5-8(10-4)6(2)7-9-3/h6-7H,5H2,1-4H3/t6-/m1/s1. The number of hydrogen-bond donors (Lipinski definition) is 1. The highest BCUT2D eigenvalue weighted by molar-refractivity contribution is 7.97. The van der Waals surface area contributed by atoms with E-state index in [1.165, 1.54) is 0 Å². The third-order valence-electron chi connectivity index (χ3n) is 1.27. The maximum absolute atomic E-state index is 3.27. The molecule has 1 atom stereocenters. The molecule has 0 unspecified atom stereocenters. The van der Waals surface area contributed by atoms with Gasteiger partial charge in [0.05, 0.1) is 6.17 Å². The lowest BCUT2D eigenvalue weighted by Gasteiger charge is -2.24. The molecule has 0 fully saturated rings. The Morgan fingerprint density at radius 2 is 2.10 bits per heavy atom. The molecule has 0 spiro atoms. The molecule has 2 nitrogen and oxygen atoms in total. The third kappa shape index (κ3) is 3.71. The SMILES string of the molecule is CCN(SC)[C@H](C)NSC. The van der Waals surface area contributed by atoms with Gasteiger partial charge in [0.2, 0.25) is 0 Å². The van der Waals surface area contributed by atoms with E-state index in [-0.39, 0.29) is 0 Å². The van der Waals surface area contributed by atoms with Gasteiger partial charge in [-0.2, -0.15) is 0 Å². The van der Waals surface area contributed by atoms with E-state index < -0.39 is 0 Å². The predicted octanol–water partition coefficient (Wildman–Crippen LogP) is 1.80. The largest absolute Gasteiger partial charge is 0.247 e. The second-order valence-corrected chi connectivity index (χ2v) is 3.39. The summed E-state index contributed by atoms with van der Waals surface area (Å²) in [6.07, 6.45) is 4.60. The molecule has 0 saturated heterocycles. The van der Waals surface area contributed by atoms with Crippen LogP contribution >= 0.6 is 23.9 Å². The summed E-state index contributed by atoms with van der Waals surface area (Å²) >= 11 is 3.44. The van der Waals surface area contributed by atoms with Crippen LogP contribution in [0.1, 0.15) is 13.8 Å². The van der Waals surface area contributed by atoms with Crippen molar-refractivity contribution in [2.75, 3.05) is 19.1 Å². The number of hydrogen-bond acceptors (Lipinski definition) is 4. The Bertz CT molecular complexity index is 76.1. The van der Waals surface area contributed by atoms with Crippen LogP contribution < -0.4 is 4.72 Å². The summed E-state index contributed by atoms with van der Waals surface area (Å²) in [6.45, 7) is 5.40. The minimum Gasteiger partial charge on any atom is -0.247 e. The van der Waals surface area contributed by atoms with Gasteiger partial charge in [0.25, 0.3) is 0 Å². The zero-order valence-corrected chi connectivity index (χ0v) is 8.68. The minimum atomic E-state index is 0.454. The fraction of sp³-hybridized carbons (Fsp3) is 1.00. The van der Waals surface area contributed by atoms with Crippen molar-refractivity contribution in [3.63, 3.8) is 0 Å². The lowest BCUT2D eigenvalue weighted by Crippen LogP contribution is -2.35. The van der Waals surface area contributed by atoms with Crippen molar-refractivity contribution in [3.8, 4) is 0 Å². The highest BCUT2D eigenvalue weighted by Crippen LogP contribution is 2.09. The van der Waals surface area contributed by atoms with E-state index in [1.54, 1.807) is 23.9 Å². The molecule has 0 saturated carbocycles. The van der Waals surface area contributed by atoms with Gasteiger partial charge in [-0.25, -0.2) is 9.03 Å². The summed E-state index contributed by atoms with van der Waals surface area (Å²) < 4.78 is 5.56. The Morgan fingerprint density at radius 1 is 1.50 bits per heavy atom. The van der Waals surface area contributed by atoms with Crippen LogP contribution in [0.2, 0.25) is 0 Å². The molecule has 0 bridgehead atoms. The summed E-state index contributed by atoms with van der Waals surface area (Å²) in [7, 11) is 0. The average molecular weight is 180 g/mol. The first kappa shape index (κ1) is 10.6. The minimum absolute atomic E-state index is 0.454. The van der Waals surface area contributed by atoms with E-state index in [4.69, 9.17) is 0 Å². The van der Waals surface area contributed by atoms with Crippen molar-refractivity contribution >= 4 is 23.9 Å². The van der Waals surface area contributed by atoms with Gasteiger partial charge in [-0.15, -0.1) is 0 Å². The topological polar surface area (TPSA) is 15.3 Å². The second kappa shape index (κ2) is 6.34. The van der Waals surface area contributed by atoms with Crippen LogP contribution in [0.15, 0.2) is 0 Å². The first-order valence-corrected chi connectivity index (χ1v) is 5.76. The maximum Gasteiger partial charge on any atom is 0.0759 e. The Hall–Kier alpha value is 0.620. The molecule has 0 aliphatic heterocycles. The maximum atomic E-state index is 3.27. The van der Waals surface area contributed by atoms with E-state index in [0.29, 0.717) is 6.17 Å². The van der Waals surface area contributed by atoms with Crippen molar-refractivity contribution in [1.29, 1.82) is 0 Å². The molecule has 0 rings (SSSR count). The summed E-state index contributed by atoms with van der Waals surface area (Å²) in [6, 6.07) is 0. The fourth-order valence-corrected chi connectivity index (χ4v) is 1.95. The van der Waals surface area contributed by atoms with Gasteiger partial charge in [-0.05, 0) is 19.4 Å². The molecule has 0 amide bonds. The Morgan fingerprint density at radius 3 is 2.40 bits per heavy atom. The molecule has 0 aromatic carbocycles. The Kier molecular flexibility index (Phi) is 6.73. The monoisotopic (exact) mass is 180 g/mol. The van der Waals surface area contributed by atoms with E-state index >= 15 is 0 Å². The van der Waals surface area contributed by atoms with Crippen LogP contribution in [-0.2, 0) is 0 Å². The molecular weight excluding hydrogens is 164 g/mol. The van der Waals surface area contributed by atoms with Crippen molar-refractivity contribution < 1.29 is 0 Å². The second-order valence-electron chi connectivity index (χ2n) is 1.91. The molecule has 1 N–H and O–H groups in total. The van der Waals surface area contributed by atoms with Crippen LogP contribution in [0, 0.1) is 0 Å². The first-order valence-electron chi connectivity index (χ1n) is 3.35. The summed E-state index contributed by atoms with van der Waals surface area (Å²) in [5.41, 5.74) is 0. The molecule has 0 aliphatic rings. The first-order chi connectivity index (χ1) is 4.76. The van der Waals surface area contributed by atoms with Crippen LogP contribution in [0.5, 0.6) is 0 Å². The van der Waals surface area contributed by atoms with Crippen LogP contribution in [0.25, 0.3) is 0 Å². The molecule has 0 heterocycles. The lowest BCUT2D eigenvalue weighted by molar-refractivity contribution is 0.381. The Labute approximate surface area is 72.4 Å². The molecule has 62 valence electrons. The summed E-state index contributed by atoms with van der Waals surface area (Å²) in [5, 5.41) is 0. The third-order valence-corrected chi connectivity index (χ3v) is 2.89. The zero-order chi connectivity index (χ0) is 7.98. The van der Waals surface area contributed by atoms with Gasteiger partial charge in [0, 0.05) is 6.54 Å². The van der Waals surface area contributed by atoms with E-state index in [9.17, 15) is 0 Å². The zero-order valence-electron chi connectivity index (χ0n) is 7.05. The fourth-order valence-electron chi connectivity index (χ4n) is 0.790. The molecule has 0 aromatic heterocycles. The highest BCUT2D eigenvalue weighted by Gasteiger charge is 2.07. The van der Waals surface area contributed by atoms with Crippen LogP contribution in [0.3, 0.4) is 0 Å². The molecule has 0 aromatic rings. The van der Waals surface area contributed by atoms with E-state index in [2.05, 4.69) is 29.1 Å². The van der Waals surface area contributed by atoms with Gasteiger partial charge < -0.3 is 0 Å². The van der Waals surface area contributed by atoms with Gasteiger partial charge in [-0.1, -0.05) is 30.8 Å².